The number of ether oxygens (including phenoxy) is 1. The van der Waals surface area contributed by atoms with Crippen LogP contribution in [-0.2, 0) is 11.8 Å². The Labute approximate surface area is 180 Å². The molecule has 4 atom stereocenters. The van der Waals surface area contributed by atoms with E-state index in [-0.39, 0.29) is 23.9 Å². The smallest absolute Gasteiger partial charge is 0.254 e. The van der Waals surface area contributed by atoms with E-state index in [9.17, 15) is 14.7 Å². The maximum Gasteiger partial charge on any atom is 0.254 e. The quantitative estimate of drug-likeness (QED) is 0.670. The predicted molar refractivity (Wildman–Crippen MR) is 111 cm³/mol. The number of aliphatic hydroxyl groups is 1. The van der Waals surface area contributed by atoms with Gasteiger partial charge in [-0.3, -0.25) is 24.2 Å². The summed E-state index contributed by atoms with van der Waals surface area (Å²) in [6.45, 7) is 4.00. The van der Waals surface area contributed by atoms with Crippen molar-refractivity contribution < 1.29 is 19.4 Å². The van der Waals surface area contributed by atoms with Crippen molar-refractivity contribution in [3.8, 4) is 5.75 Å². The van der Waals surface area contributed by atoms with Gasteiger partial charge >= 0.3 is 0 Å². The molecule has 2 aliphatic rings. The number of pyridine rings is 1. The van der Waals surface area contributed by atoms with Gasteiger partial charge in [-0.15, -0.1) is 0 Å². The number of aliphatic hydroxyl groups excluding tert-OH is 1. The van der Waals surface area contributed by atoms with Gasteiger partial charge in [-0.1, -0.05) is 0 Å². The lowest BCUT2D eigenvalue weighted by atomic mass is 10.1. The molecule has 166 valence electrons. The number of aromatic nitrogens is 3. The summed E-state index contributed by atoms with van der Waals surface area (Å²) in [5.74, 6) is 0.386. The van der Waals surface area contributed by atoms with E-state index in [0.717, 1.165) is 0 Å². The van der Waals surface area contributed by atoms with Crippen LogP contribution in [-0.4, -0.2) is 92.0 Å². The van der Waals surface area contributed by atoms with Crippen LogP contribution in [0, 0.1) is 0 Å². The summed E-state index contributed by atoms with van der Waals surface area (Å²) in [4.78, 5) is 32.5. The molecule has 0 aromatic carbocycles. The van der Waals surface area contributed by atoms with E-state index in [0.29, 0.717) is 43.9 Å². The molecular formula is C21H28N6O4. The minimum atomic E-state index is -0.803. The van der Waals surface area contributed by atoms with Gasteiger partial charge in [0.2, 0.25) is 5.91 Å². The zero-order valence-corrected chi connectivity index (χ0v) is 17.7. The van der Waals surface area contributed by atoms with Gasteiger partial charge in [0.1, 0.15) is 18.0 Å². The molecule has 0 spiro atoms. The fraction of sp³-hybridized carbons (Fsp3) is 0.524. The molecule has 2 aromatic heterocycles. The van der Waals surface area contributed by atoms with Crippen LogP contribution in [0.2, 0.25) is 0 Å². The maximum atomic E-state index is 12.8. The number of carbonyl (C=O) groups excluding carboxylic acids is 2. The maximum absolute atomic E-state index is 12.8. The number of aryl methyl sites for hydroxylation is 1. The fourth-order valence-electron chi connectivity index (χ4n) is 4.44. The third-order valence-electron chi connectivity index (χ3n) is 6.02. The first-order valence-electron chi connectivity index (χ1n) is 10.5. The van der Waals surface area contributed by atoms with Crippen LogP contribution in [0.15, 0.2) is 36.9 Å². The molecule has 10 heteroatoms. The van der Waals surface area contributed by atoms with Gasteiger partial charge < -0.3 is 20.1 Å². The predicted octanol–water partition coefficient (Wildman–Crippen LogP) is -0.342. The van der Waals surface area contributed by atoms with Gasteiger partial charge in [-0.25, -0.2) is 0 Å². The summed E-state index contributed by atoms with van der Waals surface area (Å²) in [6.07, 6.45) is 5.61. The Morgan fingerprint density at radius 3 is 2.61 bits per heavy atom. The Bertz CT molecular complexity index is 912. The van der Waals surface area contributed by atoms with Crippen LogP contribution in [0.1, 0.15) is 23.7 Å². The second kappa shape index (κ2) is 9.03. The zero-order valence-electron chi connectivity index (χ0n) is 17.7. The number of nitrogens with zero attached hydrogens (tertiary/aromatic N) is 5. The SMILES string of the molecule is CC(=O)N1CCN([C@@H]2[C@@H](O)[C@H](Oc3cccnc3)C[C@H]2NC(=O)c2cnn(C)c2)CC1. The van der Waals surface area contributed by atoms with Gasteiger partial charge in [0.25, 0.3) is 5.91 Å². The molecule has 31 heavy (non-hydrogen) atoms. The summed E-state index contributed by atoms with van der Waals surface area (Å²) in [5, 5.41) is 18.3. The molecular weight excluding hydrogens is 400 g/mol. The highest BCUT2D eigenvalue weighted by Gasteiger charge is 2.48. The first-order chi connectivity index (χ1) is 14.9. The first kappa shape index (κ1) is 21.3. The Morgan fingerprint density at radius 1 is 1.23 bits per heavy atom. The van der Waals surface area contributed by atoms with E-state index in [4.69, 9.17) is 4.74 Å². The summed E-state index contributed by atoms with van der Waals surface area (Å²) in [6, 6.07) is 2.93. The van der Waals surface area contributed by atoms with Gasteiger partial charge in [0.15, 0.2) is 0 Å². The molecule has 0 radical (unpaired) electrons. The van der Waals surface area contributed by atoms with Crippen LogP contribution in [0.4, 0.5) is 0 Å². The molecule has 2 N–H and O–H groups in total. The van der Waals surface area contributed by atoms with Gasteiger partial charge in [-0.05, 0) is 12.1 Å². The van der Waals surface area contributed by atoms with Crippen molar-refractivity contribution in [1.29, 1.82) is 0 Å². The number of amides is 2. The van der Waals surface area contributed by atoms with Crippen molar-refractivity contribution >= 4 is 11.8 Å². The summed E-state index contributed by atoms with van der Waals surface area (Å²) in [7, 11) is 1.76. The number of nitrogens with one attached hydrogen (secondary N) is 1. The standard InChI is InChI=1S/C21H28N6O4/c1-14(28)26-6-8-27(9-7-26)19-17(24-21(30)15-11-23-25(2)13-15)10-18(20(19)29)31-16-4-3-5-22-12-16/h3-5,11-13,17-20,29H,6-10H2,1-2H3,(H,24,30)/t17-,18-,19+,20+/m1/s1. The molecule has 0 bridgehead atoms. The van der Waals surface area contributed by atoms with Gasteiger partial charge in [0, 0.05) is 59.0 Å². The lowest BCUT2D eigenvalue weighted by Gasteiger charge is -2.41. The molecule has 4 rings (SSSR count). The van der Waals surface area contributed by atoms with E-state index < -0.39 is 12.2 Å². The van der Waals surface area contributed by atoms with Gasteiger partial charge in [0.05, 0.1) is 30.0 Å². The number of hydrogen-bond acceptors (Lipinski definition) is 7. The fourth-order valence-corrected chi connectivity index (χ4v) is 4.44. The second-order valence-corrected chi connectivity index (χ2v) is 8.09. The van der Waals surface area contributed by atoms with E-state index in [2.05, 4.69) is 20.3 Å². The average molecular weight is 428 g/mol. The highest BCUT2D eigenvalue weighted by Crippen LogP contribution is 2.30. The van der Waals surface area contributed by atoms with Crippen molar-refractivity contribution in [1.82, 2.24) is 29.9 Å². The van der Waals surface area contributed by atoms with Crippen LogP contribution >= 0.6 is 0 Å². The van der Waals surface area contributed by atoms with E-state index in [1.165, 1.54) is 6.20 Å². The molecule has 2 fully saturated rings. The normalized spacial score (nSPS) is 26.6. The number of carbonyl (C=O) groups is 2. The Hall–Kier alpha value is -2.98. The largest absolute Gasteiger partial charge is 0.486 e. The first-order valence-corrected chi connectivity index (χ1v) is 10.5. The lowest BCUT2D eigenvalue weighted by molar-refractivity contribution is -0.131. The van der Waals surface area contributed by atoms with Crippen molar-refractivity contribution in [2.24, 2.45) is 7.05 Å². The zero-order chi connectivity index (χ0) is 22.0. The van der Waals surface area contributed by atoms with Crippen molar-refractivity contribution in [3.63, 3.8) is 0 Å². The molecule has 3 heterocycles. The molecule has 1 saturated heterocycles. The molecule has 10 nitrogen and oxygen atoms in total. The van der Waals surface area contributed by atoms with Crippen molar-refractivity contribution in [3.05, 3.63) is 42.5 Å². The molecule has 1 saturated carbocycles. The minimum Gasteiger partial charge on any atom is -0.486 e. The van der Waals surface area contributed by atoms with Gasteiger partial charge in [-0.2, -0.15) is 5.10 Å². The molecule has 2 aromatic rings. The third kappa shape index (κ3) is 4.70. The Morgan fingerprint density at radius 2 is 2.00 bits per heavy atom. The average Bonchev–Trinajstić information content (AvgIpc) is 3.32. The molecule has 1 aliphatic heterocycles. The topological polar surface area (TPSA) is 113 Å². The van der Waals surface area contributed by atoms with Crippen LogP contribution in [0.5, 0.6) is 5.75 Å². The van der Waals surface area contributed by atoms with Crippen LogP contribution in [0.3, 0.4) is 0 Å². The van der Waals surface area contributed by atoms with E-state index in [1.54, 1.807) is 54.3 Å². The van der Waals surface area contributed by atoms with E-state index >= 15 is 0 Å². The third-order valence-corrected chi connectivity index (χ3v) is 6.02. The van der Waals surface area contributed by atoms with E-state index in [1.807, 2.05) is 0 Å². The summed E-state index contributed by atoms with van der Waals surface area (Å²) in [5.41, 5.74) is 0.466. The minimum absolute atomic E-state index is 0.0471. The molecule has 0 unspecified atom stereocenters. The Balaban J connectivity index is 1.51. The van der Waals surface area contributed by atoms with Crippen LogP contribution < -0.4 is 10.1 Å². The number of piperazine rings is 1. The highest BCUT2D eigenvalue weighted by molar-refractivity contribution is 5.94. The lowest BCUT2D eigenvalue weighted by Crippen LogP contribution is -2.59. The summed E-state index contributed by atoms with van der Waals surface area (Å²) >= 11 is 0. The molecule has 2 amide bonds. The van der Waals surface area contributed by atoms with Crippen molar-refractivity contribution in [2.75, 3.05) is 26.2 Å². The number of hydrogen-bond donors (Lipinski definition) is 2. The molecule has 1 aliphatic carbocycles. The van der Waals surface area contributed by atoms with Crippen molar-refractivity contribution in [2.45, 2.75) is 37.6 Å². The monoisotopic (exact) mass is 428 g/mol. The second-order valence-electron chi connectivity index (χ2n) is 8.09. The summed E-state index contributed by atoms with van der Waals surface area (Å²) < 4.78 is 7.59. The number of rotatable bonds is 5. The van der Waals surface area contributed by atoms with Crippen LogP contribution in [0.25, 0.3) is 0 Å². The highest BCUT2D eigenvalue weighted by atomic mass is 16.5. The Kier molecular flexibility index (Phi) is 6.19.